The Morgan fingerprint density at radius 2 is 2.35 bits per heavy atom. The molecule has 1 saturated heterocycles. The quantitative estimate of drug-likeness (QED) is 0.830. The molecular weight excluding hydrogens is 236 g/mol. The van der Waals surface area contributed by atoms with Crippen LogP contribution in [0.1, 0.15) is 20.3 Å². The first kappa shape index (κ1) is 13.2. The standard InChI is InChI=1S/C12H22N2O2S/c1-9(2)5-11-7-14-12(17-11)13-6-10-8-15-3-4-16-10/h9-11H,3-8H2,1-2H3,(H,13,14). The number of ether oxygens (including phenoxy) is 2. The van der Waals surface area contributed by atoms with E-state index in [2.05, 4.69) is 24.2 Å². The van der Waals surface area contributed by atoms with Crippen LogP contribution in [0.3, 0.4) is 0 Å². The van der Waals surface area contributed by atoms with Crippen LogP contribution < -0.4 is 5.32 Å². The van der Waals surface area contributed by atoms with Crippen LogP contribution in [-0.4, -0.2) is 49.4 Å². The Bertz CT molecular complexity index is 265. The van der Waals surface area contributed by atoms with Gasteiger partial charge in [0.1, 0.15) is 0 Å². The van der Waals surface area contributed by atoms with Gasteiger partial charge >= 0.3 is 0 Å². The van der Waals surface area contributed by atoms with Gasteiger partial charge in [0, 0.05) is 11.8 Å². The normalized spacial score (nSPS) is 29.5. The van der Waals surface area contributed by atoms with Crippen molar-refractivity contribution in [2.75, 3.05) is 32.9 Å². The van der Waals surface area contributed by atoms with E-state index < -0.39 is 0 Å². The predicted octanol–water partition coefficient (Wildman–Crippen LogP) is 1.51. The van der Waals surface area contributed by atoms with Crippen molar-refractivity contribution in [2.45, 2.75) is 31.6 Å². The van der Waals surface area contributed by atoms with Gasteiger partial charge in [-0.1, -0.05) is 25.6 Å². The lowest BCUT2D eigenvalue weighted by molar-refractivity contribution is -0.0849. The molecular formula is C12H22N2O2S. The third kappa shape index (κ3) is 4.48. The number of nitrogens with zero attached hydrogens (tertiary/aromatic N) is 1. The summed E-state index contributed by atoms with van der Waals surface area (Å²) in [6, 6.07) is 0. The number of amidine groups is 1. The molecule has 2 heterocycles. The molecule has 2 rings (SSSR count). The fourth-order valence-electron chi connectivity index (χ4n) is 2.02. The molecule has 2 atom stereocenters. The Kier molecular flexibility index (Phi) is 5.13. The highest BCUT2D eigenvalue weighted by molar-refractivity contribution is 8.14. The summed E-state index contributed by atoms with van der Waals surface area (Å²) in [5.41, 5.74) is 0. The lowest BCUT2D eigenvalue weighted by Crippen LogP contribution is -2.38. The monoisotopic (exact) mass is 258 g/mol. The largest absolute Gasteiger partial charge is 0.376 e. The first-order chi connectivity index (χ1) is 8.24. The molecule has 5 heteroatoms. The number of thioether (sulfide) groups is 1. The maximum atomic E-state index is 5.58. The zero-order chi connectivity index (χ0) is 12.1. The van der Waals surface area contributed by atoms with E-state index in [1.54, 1.807) is 0 Å². The summed E-state index contributed by atoms with van der Waals surface area (Å²) in [7, 11) is 0. The second-order valence-corrected chi connectivity index (χ2v) is 6.25. The van der Waals surface area contributed by atoms with Gasteiger partial charge in [0.2, 0.25) is 0 Å². The molecule has 0 radical (unpaired) electrons. The number of rotatable bonds is 4. The van der Waals surface area contributed by atoms with Crippen LogP contribution >= 0.6 is 11.8 Å². The molecule has 98 valence electrons. The Morgan fingerprint density at radius 3 is 3.06 bits per heavy atom. The van der Waals surface area contributed by atoms with Gasteiger partial charge in [-0.05, 0) is 12.3 Å². The smallest absolute Gasteiger partial charge is 0.157 e. The van der Waals surface area contributed by atoms with Crippen molar-refractivity contribution >= 4 is 16.9 Å². The van der Waals surface area contributed by atoms with Crippen molar-refractivity contribution in [1.82, 2.24) is 5.32 Å². The summed E-state index contributed by atoms with van der Waals surface area (Å²) < 4.78 is 10.9. The minimum Gasteiger partial charge on any atom is -0.376 e. The molecule has 17 heavy (non-hydrogen) atoms. The van der Waals surface area contributed by atoms with Gasteiger partial charge in [0.15, 0.2) is 5.17 Å². The minimum atomic E-state index is 0.177. The molecule has 0 spiro atoms. The average Bonchev–Trinajstić information content (AvgIpc) is 2.75. The van der Waals surface area contributed by atoms with Crippen LogP contribution in [-0.2, 0) is 9.47 Å². The number of hydrogen-bond acceptors (Lipinski definition) is 5. The minimum absolute atomic E-state index is 0.177. The molecule has 0 aromatic rings. The van der Waals surface area contributed by atoms with Crippen LogP contribution in [0, 0.1) is 5.92 Å². The number of hydrogen-bond donors (Lipinski definition) is 1. The van der Waals surface area contributed by atoms with Crippen molar-refractivity contribution in [3.8, 4) is 0 Å². The molecule has 0 aliphatic carbocycles. The zero-order valence-electron chi connectivity index (χ0n) is 10.6. The Morgan fingerprint density at radius 1 is 1.47 bits per heavy atom. The van der Waals surface area contributed by atoms with Crippen LogP contribution in [0.15, 0.2) is 4.99 Å². The van der Waals surface area contributed by atoms with Crippen LogP contribution in [0.2, 0.25) is 0 Å². The average molecular weight is 258 g/mol. The van der Waals surface area contributed by atoms with E-state index >= 15 is 0 Å². The van der Waals surface area contributed by atoms with Gasteiger partial charge in [-0.15, -0.1) is 0 Å². The third-order valence-electron chi connectivity index (χ3n) is 2.82. The van der Waals surface area contributed by atoms with Gasteiger partial charge in [-0.25, -0.2) is 0 Å². The van der Waals surface area contributed by atoms with Gasteiger partial charge in [0.05, 0.1) is 32.5 Å². The van der Waals surface area contributed by atoms with Crippen LogP contribution in [0.5, 0.6) is 0 Å². The van der Waals surface area contributed by atoms with E-state index in [4.69, 9.17) is 9.47 Å². The molecule has 4 nitrogen and oxygen atoms in total. The molecule has 1 N–H and O–H groups in total. The molecule has 1 fully saturated rings. The van der Waals surface area contributed by atoms with E-state index in [1.807, 2.05) is 11.8 Å². The van der Waals surface area contributed by atoms with Crippen LogP contribution in [0.4, 0.5) is 0 Å². The number of aliphatic imine (C=N–C) groups is 1. The van der Waals surface area contributed by atoms with Crippen molar-refractivity contribution in [1.29, 1.82) is 0 Å². The van der Waals surface area contributed by atoms with Gasteiger partial charge in [-0.3, -0.25) is 4.99 Å². The zero-order valence-corrected chi connectivity index (χ0v) is 11.5. The molecule has 0 aromatic heterocycles. The molecule has 0 amide bonds. The lowest BCUT2D eigenvalue weighted by Gasteiger charge is -2.23. The topological polar surface area (TPSA) is 42.9 Å². The summed E-state index contributed by atoms with van der Waals surface area (Å²) in [5, 5.41) is 5.09. The second kappa shape index (κ2) is 6.61. The molecule has 0 bridgehead atoms. The lowest BCUT2D eigenvalue weighted by atomic mass is 10.1. The predicted molar refractivity (Wildman–Crippen MR) is 71.7 cm³/mol. The fourth-order valence-corrected chi connectivity index (χ4v) is 3.28. The maximum Gasteiger partial charge on any atom is 0.157 e. The van der Waals surface area contributed by atoms with E-state index in [9.17, 15) is 0 Å². The van der Waals surface area contributed by atoms with Gasteiger partial charge in [-0.2, -0.15) is 0 Å². The Labute approximate surface area is 108 Å². The summed E-state index contributed by atoms with van der Waals surface area (Å²) in [5.74, 6) is 0.747. The van der Waals surface area contributed by atoms with Crippen LogP contribution in [0.25, 0.3) is 0 Å². The Hall–Kier alpha value is -0.260. The van der Waals surface area contributed by atoms with E-state index in [-0.39, 0.29) is 6.10 Å². The van der Waals surface area contributed by atoms with Crippen molar-refractivity contribution < 1.29 is 9.47 Å². The summed E-state index contributed by atoms with van der Waals surface area (Å²) in [6.45, 7) is 8.41. The molecule has 2 aliphatic rings. The van der Waals surface area contributed by atoms with E-state index in [1.165, 1.54) is 6.42 Å². The highest BCUT2D eigenvalue weighted by Crippen LogP contribution is 2.25. The van der Waals surface area contributed by atoms with E-state index in [0.717, 1.165) is 30.8 Å². The third-order valence-corrected chi connectivity index (χ3v) is 3.99. The highest BCUT2D eigenvalue weighted by atomic mass is 32.2. The van der Waals surface area contributed by atoms with E-state index in [0.29, 0.717) is 18.5 Å². The van der Waals surface area contributed by atoms with Gasteiger partial charge in [0.25, 0.3) is 0 Å². The summed E-state index contributed by atoms with van der Waals surface area (Å²) in [4.78, 5) is 4.53. The molecule has 0 saturated carbocycles. The summed E-state index contributed by atoms with van der Waals surface area (Å²) in [6.07, 6.45) is 1.42. The Balaban J connectivity index is 1.63. The SMILES string of the molecule is CC(C)CC1CN=C(NCC2COCCO2)S1. The maximum absolute atomic E-state index is 5.58. The molecule has 0 aromatic carbocycles. The van der Waals surface area contributed by atoms with Gasteiger partial charge < -0.3 is 14.8 Å². The van der Waals surface area contributed by atoms with Crippen molar-refractivity contribution in [3.05, 3.63) is 0 Å². The first-order valence-electron chi connectivity index (χ1n) is 6.38. The van der Waals surface area contributed by atoms with Crippen molar-refractivity contribution in [3.63, 3.8) is 0 Å². The molecule has 2 aliphatic heterocycles. The van der Waals surface area contributed by atoms with Crippen molar-refractivity contribution in [2.24, 2.45) is 10.9 Å². The summed E-state index contributed by atoms with van der Waals surface area (Å²) >= 11 is 1.87. The first-order valence-corrected chi connectivity index (χ1v) is 7.26. The second-order valence-electron chi connectivity index (χ2n) is 4.96. The fraction of sp³-hybridized carbons (Fsp3) is 0.917. The molecule has 2 unspecified atom stereocenters. The highest BCUT2D eigenvalue weighted by Gasteiger charge is 2.21. The number of nitrogens with one attached hydrogen (secondary N) is 1.